The van der Waals surface area contributed by atoms with Gasteiger partial charge in [-0.1, -0.05) is 0 Å². The molecule has 3 aromatic rings. The van der Waals surface area contributed by atoms with Crippen LogP contribution in [0.25, 0.3) is 11.1 Å². The van der Waals surface area contributed by atoms with E-state index in [9.17, 15) is 14.4 Å². The molecule has 0 saturated carbocycles. The summed E-state index contributed by atoms with van der Waals surface area (Å²) in [7, 11) is 0. The molecule has 2 aliphatic rings. The summed E-state index contributed by atoms with van der Waals surface area (Å²) >= 11 is 1.05. The van der Waals surface area contributed by atoms with Gasteiger partial charge in [0.1, 0.15) is 23.8 Å². The third kappa shape index (κ3) is 5.34. The minimum Gasteiger partial charge on any atom is -0.442 e. The maximum absolute atomic E-state index is 15.1. The van der Waals surface area contributed by atoms with Crippen molar-refractivity contribution in [2.75, 3.05) is 41.3 Å². The lowest BCUT2D eigenvalue weighted by Crippen LogP contribution is -2.33. The highest BCUT2D eigenvalue weighted by molar-refractivity contribution is 6.99. The average Bonchev–Trinajstić information content (AvgIpc) is 3.62. The number of halogens is 2. The van der Waals surface area contributed by atoms with Gasteiger partial charge in [0.05, 0.1) is 55.5 Å². The zero-order valence-electron chi connectivity index (χ0n) is 20.0. The Balaban J connectivity index is 1.27. The fourth-order valence-corrected chi connectivity index (χ4v) is 4.57. The van der Waals surface area contributed by atoms with Crippen molar-refractivity contribution in [1.82, 2.24) is 14.1 Å². The Bertz CT molecular complexity index is 1370. The van der Waals surface area contributed by atoms with Crippen LogP contribution < -0.4 is 20.4 Å². The van der Waals surface area contributed by atoms with E-state index in [1.165, 1.54) is 41.0 Å². The Hall–Kier alpha value is -4.33. The minimum atomic E-state index is -0.740. The number of hydrogen-bond donors (Lipinski definition) is 2. The quantitative estimate of drug-likeness (QED) is 0.442. The summed E-state index contributed by atoms with van der Waals surface area (Å²) in [5.41, 5.74) is 0.498. The number of amides is 3. The zero-order chi connectivity index (χ0) is 26.8. The molecule has 1 aromatic heterocycles. The number of anilines is 3. The second kappa shape index (κ2) is 10.6. The third-order valence-corrected chi connectivity index (χ3v) is 6.50. The van der Waals surface area contributed by atoms with Gasteiger partial charge >= 0.3 is 12.2 Å². The van der Waals surface area contributed by atoms with Gasteiger partial charge in [-0.3, -0.25) is 14.6 Å². The monoisotopic (exact) mass is 544 g/mol. The van der Waals surface area contributed by atoms with Gasteiger partial charge in [-0.05, 0) is 36.4 Å². The first-order chi connectivity index (χ1) is 18.3. The number of rotatable bonds is 8. The normalized spacial score (nSPS) is 18.9. The molecule has 5 rings (SSSR count). The van der Waals surface area contributed by atoms with Crippen molar-refractivity contribution in [3.63, 3.8) is 0 Å². The molecule has 3 amide bonds. The van der Waals surface area contributed by atoms with Crippen molar-refractivity contribution < 1.29 is 32.6 Å². The Morgan fingerprint density at radius 3 is 2.00 bits per heavy atom. The maximum Gasteiger partial charge on any atom is 0.414 e. The van der Waals surface area contributed by atoms with Crippen molar-refractivity contribution in [3.05, 3.63) is 54.2 Å². The molecule has 2 fully saturated rings. The van der Waals surface area contributed by atoms with Crippen LogP contribution >= 0.6 is 11.7 Å². The number of carbonyl (C=O) groups excluding carboxylic acids is 3. The van der Waals surface area contributed by atoms with Gasteiger partial charge in [-0.25, -0.2) is 18.4 Å². The number of ether oxygens (including phenoxy) is 2. The lowest BCUT2D eigenvalue weighted by Gasteiger charge is -2.16. The topological polar surface area (TPSA) is 126 Å². The van der Waals surface area contributed by atoms with E-state index >= 15 is 8.78 Å². The van der Waals surface area contributed by atoms with Crippen LogP contribution in [0.15, 0.2) is 42.6 Å². The van der Waals surface area contributed by atoms with Crippen LogP contribution in [0, 0.1) is 11.6 Å². The number of nitrogens with zero attached hydrogens (tertiary/aromatic N) is 4. The molecule has 0 spiro atoms. The summed E-state index contributed by atoms with van der Waals surface area (Å²) < 4.78 is 48.6. The molecule has 0 unspecified atom stereocenters. The van der Waals surface area contributed by atoms with Crippen molar-refractivity contribution in [2.24, 2.45) is 0 Å². The number of cyclic esters (lactones) is 2. The van der Waals surface area contributed by atoms with Crippen molar-refractivity contribution in [3.8, 4) is 11.1 Å². The molecule has 2 saturated heterocycles. The minimum absolute atomic E-state index is 0.00727. The first-order valence-corrected chi connectivity index (χ1v) is 12.3. The van der Waals surface area contributed by atoms with Crippen LogP contribution in [-0.4, -0.2) is 65.2 Å². The molecule has 38 heavy (non-hydrogen) atoms. The standard InChI is InChI=1S/C24H22F2N6O5S/c1-13(33)27-8-16-11-31(23(34)36-16)14-2-4-18(20(25)6-14)19-5-3-15(7-21(19)26)32-12-17(37-24(32)35)9-28-22-10-29-38-30-22/h2-7,10,16-17H,8-9,11-12H2,1H3,(H,27,33)(H,28,30)/t16-,17+/m0/s1. The number of nitrogens with one attached hydrogen (secondary N) is 2. The van der Waals surface area contributed by atoms with E-state index in [0.717, 1.165) is 23.9 Å². The fourth-order valence-electron chi connectivity index (χ4n) is 4.18. The van der Waals surface area contributed by atoms with Gasteiger partial charge < -0.3 is 20.1 Å². The first kappa shape index (κ1) is 25.3. The first-order valence-electron chi connectivity index (χ1n) is 11.6. The lowest BCUT2D eigenvalue weighted by molar-refractivity contribution is -0.119. The molecule has 3 heterocycles. The van der Waals surface area contributed by atoms with Crippen molar-refractivity contribution >= 4 is 47.0 Å². The predicted octanol–water partition coefficient (Wildman–Crippen LogP) is 3.38. The molecule has 2 aliphatic heterocycles. The number of carbonyl (C=O) groups is 3. The van der Waals surface area contributed by atoms with E-state index in [1.807, 2.05) is 0 Å². The smallest absolute Gasteiger partial charge is 0.414 e. The van der Waals surface area contributed by atoms with Crippen LogP contribution in [0.2, 0.25) is 0 Å². The highest BCUT2D eigenvalue weighted by Crippen LogP contribution is 2.33. The van der Waals surface area contributed by atoms with E-state index in [2.05, 4.69) is 19.4 Å². The summed E-state index contributed by atoms with van der Waals surface area (Å²) in [6.45, 7) is 2.12. The summed E-state index contributed by atoms with van der Waals surface area (Å²) in [6, 6.07) is 8.03. The lowest BCUT2D eigenvalue weighted by atomic mass is 10.0. The maximum atomic E-state index is 15.1. The molecule has 2 N–H and O–H groups in total. The second-order valence-corrected chi connectivity index (χ2v) is 9.23. The summed E-state index contributed by atoms with van der Waals surface area (Å²) in [5, 5.41) is 5.59. The van der Waals surface area contributed by atoms with Crippen molar-refractivity contribution in [2.45, 2.75) is 19.1 Å². The molecule has 0 aliphatic carbocycles. The molecule has 11 nitrogen and oxygen atoms in total. The van der Waals surface area contributed by atoms with Gasteiger partial charge in [-0.15, -0.1) is 0 Å². The van der Waals surface area contributed by atoms with Crippen LogP contribution in [0.1, 0.15) is 6.92 Å². The van der Waals surface area contributed by atoms with Gasteiger partial charge in [0, 0.05) is 18.1 Å². The van der Waals surface area contributed by atoms with Crippen LogP contribution in [0.4, 0.5) is 35.6 Å². The Morgan fingerprint density at radius 2 is 1.53 bits per heavy atom. The predicted molar refractivity (Wildman–Crippen MR) is 134 cm³/mol. The highest BCUT2D eigenvalue weighted by atomic mass is 32.1. The van der Waals surface area contributed by atoms with Gasteiger partial charge in [-0.2, -0.15) is 8.75 Å². The molecule has 198 valence electrons. The Kier molecular flexibility index (Phi) is 7.05. The van der Waals surface area contributed by atoms with E-state index in [1.54, 1.807) is 6.20 Å². The van der Waals surface area contributed by atoms with Crippen LogP contribution in [0.3, 0.4) is 0 Å². The summed E-state index contributed by atoms with van der Waals surface area (Å²) in [4.78, 5) is 38.2. The van der Waals surface area contributed by atoms with Gasteiger partial charge in [0.25, 0.3) is 0 Å². The van der Waals surface area contributed by atoms with Gasteiger partial charge in [0.15, 0.2) is 5.82 Å². The molecular weight excluding hydrogens is 522 g/mol. The summed E-state index contributed by atoms with van der Waals surface area (Å²) in [6.07, 6.45) is -0.786. The number of benzene rings is 2. The molecule has 2 aromatic carbocycles. The number of hydrogen-bond acceptors (Lipinski definition) is 9. The highest BCUT2D eigenvalue weighted by Gasteiger charge is 2.34. The summed E-state index contributed by atoms with van der Waals surface area (Å²) in [5.74, 6) is -1.16. The van der Waals surface area contributed by atoms with E-state index < -0.39 is 36.0 Å². The van der Waals surface area contributed by atoms with Crippen LogP contribution in [0.5, 0.6) is 0 Å². The SMILES string of the molecule is CC(=O)NC[C@H]1CN(c2ccc(-c3ccc(N4C[C@@H](CNc5cnsn5)OC4=O)cc3F)c(F)c2)C(=O)O1. The zero-order valence-corrected chi connectivity index (χ0v) is 20.8. The van der Waals surface area contributed by atoms with Crippen molar-refractivity contribution in [1.29, 1.82) is 0 Å². The van der Waals surface area contributed by atoms with E-state index in [4.69, 9.17) is 9.47 Å². The molecule has 14 heteroatoms. The fraction of sp³-hybridized carbons (Fsp3) is 0.292. The molecular formula is C24H22F2N6O5S. The molecule has 0 bridgehead atoms. The number of aromatic nitrogens is 2. The Labute approximate surface area is 219 Å². The van der Waals surface area contributed by atoms with Gasteiger partial charge in [0.2, 0.25) is 5.91 Å². The molecule has 0 radical (unpaired) electrons. The van der Waals surface area contributed by atoms with E-state index in [0.29, 0.717) is 12.4 Å². The van der Waals surface area contributed by atoms with Crippen LogP contribution in [-0.2, 0) is 14.3 Å². The average molecular weight is 545 g/mol. The largest absolute Gasteiger partial charge is 0.442 e. The second-order valence-electron chi connectivity index (χ2n) is 8.67. The van der Waals surface area contributed by atoms with E-state index in [-0.39, 0.29) is 48.0 Å². The Morgan fingerprint density at radius 1 is 0.974 bits per heavy atom. The molecule has 2 atom stereocenters. The third-order valence-electron chi connectivity index (χ3n) is 6.02.